The average Bonchev–Trinajstić information content (AvgIpc) is 3.11. The Morgan fingerprint density at radius 3 is 2.41 bits per heavy atom. The summed E-state index contributed by atoms with van der Waals surface area (Å²) in [6, 6.07) is 15.9. The Hall–Kier alpha value is -3.32. The highest BCUT2D eigenvalue weighted by Gasteiger charge is 2.24. The second kappa shape index (κ2) is 6.93. The third-order valence-corrected chi connectivity index (χ3v) is 4.69. The second-order valence-electron chi connectivity index (χ2n) is 6.61. The molecule has 0 fully saturated rings. The van der Waals surface area contributed by atoms with Crippen LogP contribution in [0.2, 0.25) is 5.02 Å². The minimum atomic E-state index is -2.94. The van der Waals surface area contributed by atoms with Crippen LogP contribution in [0.5, 0.6) is 0 Å². The molecule has 0 aliphatic carbocycles. The van der Waals surface area contributed by atoms with Crippen LogP contribution < -0.4 is 0 Å². The predicted molar refractivity (Wildman–Crippen MR) is 105 cm³/mol. The molecule has 0 spiro atoms. The number of aromatic nitrogens is 3. The zero-order chi connectivity index (χ0) is 20.8. The van der Waals surface area contributed by atoms with Crippen molar-refractivity contribution in [3.8, 4) is 22.5 Å². The average molecular weight is 414 g/mol. The van der Waals surface area contributed by atoms with Gasteiger partial charge in [-0.1, -0.05) is 48.0 Å². The van der Waals surface area contributed by atoms with Crippen molar-refractivity contribution in [3.63, 3.8) is 0 Å². The molecule has 4 rings (SSSR count). The van der Waals surface area contributed by atoms with Gasteiger partial charge in [-0.3, -0.25) is 0 Å². The molecule has 2 aromatic carbocycles. The lowest BCUT2D eigenvalue weighted by atomic mass is 10.0. The molecular weight excluding hydrogens is 400 g/mol. The minimum Gasteiger partial charge on any atom is -0.476 e. The molecule has 8 heteroatoms. The van der Waals surface area contributed by atoms with Crippen molar-refractivity contribution in [2.45, 2.75) is 12.8 Å². The smallest absolute Gasteiger partial charge is 0.356 e. The molecule has 0 atom stereocenters. The molecule has 0 saturated carbocycles. The van der Waals surface area contributed by atoms with Gasteiger partial charge in [-0.25, -0.2) is 23.1 Å². The van der Waals surface area contributed by atoms with E-state index in [9.17, 15) is 18.7 Å². The van der Waals surface area contributed by atoms with E-state index < -0.39 is 11.9 Å². The van der Waals surface area contributed by atoms with Crippen LogP contribution in [0.3, 0.4) is 0 Å². The number of alkyl halides is 2. The molecule has 0 aliphatic rings. The lowest BCUT2D eigenvalue weighted by molar-refractivity contribution is 0.0175. The summed E-state index contributed by atoms with van der Waals surface area (Å²) in [6.45, 7) is 0.837. The number of halogens is 3. The van der Waals surface area contributed by atoms with E-state index in [4.69, 9.17) is 11.6 Å². The first-order chi connectivity index (χ1) is 13.7. The van der Waals surface area contributed by atoms with Crippen molar-refractivity contribution in [2.24, 2.45) is 0 Å². The maximum atomic E-state index is 13.5. The fourth-order valence-electron chi connectivity index (χ4n) is 3.01. The largest absolute Gasteiger partial charge is 0.476 e. The van der Waals surface area contributed by atoms with E-state index in [1.165, 1.54) is 22.7 Å². The number of carbonyl (C=O) groups is 1. The van der Waals surface area contributed by atoms with Gasteiger partial charge in [-0.15, -0.1) is 0 Å². The van der Waals surface area contributed by atoms with Crippen LogP contribution in [0.15, 0.2) is 60.7 Å². The summed E-state index contributed by atoms with van der Waals surface area (Å²) in [5.74, 6) is -4.12. The van der Waals surface area contributed by atoms with Crippen LogP contribution in [0.25, 0.3) is 28.2 Å². The normalized spacial score (nSPS) is 11.7. The number of fused-ring (bicyclic) bond motifs is 1. The van der Waals surface area contributed by atoms with E-state index in [-0.39, 0.29) is 11.3 Å². The van der Waals surface area contributed by atoms with E-state index in [0.717, 1.165) is 6.92 Å². The summed E-state index contributed by atoms with van der Waals surface area (Å²) in [7, 11) is 0. The number of benzene rings is 2. The summed E-state index contributed by atoms with van der Waals surface area (Å²) >= 11 is 6.11. The number of carboxylic acid groups (broad SMARTS) is 1. The standard InChI is InChI=1S/C21H14ClF2N3O2/c1-21(23,24)14-7-5-12(6-8-14)16-10-18(13-3-2-4-15(22)9-13)27-19(25-16)11-17(26-27)20(28)29/h2-11H,1H3,(H,28,29). The van der Waals surface area contributed by atoms with Crippen molar-refractivity contribution in [1.29, 1.82) is 0 Å². The van der Waals surface area contributed by atoms with Gasteiger partial charge in [0.2, 0.25) is 0 Å². The van der Waals surface area contributed by atoms with Gasteiger partial charge in [0, 0.05) is 34.7 Å². The second-order valence-corrected chi connectivity index (χ2v) is 7.04. The van der Waals surface area contributed by atoms with Crippen LogP contribution in [0.4, 0.5) is 8.78 Å². The first-order valence-corrected chi connectivity index (χ1v) is 8.99. The predicted octanol–water partition coefficient (Wildman–Crippen LogP) is 5.53. The maximum Gasteiger partial charge on any atom is 0.356 e. The fourth-order valence-corrected chi connectivity index (χ4v) is 3.20. The summed E-state index contributed by atoms with van der Waals surface area (Å²) in [6.07, 6.45) is 0. The highest BCUT2D eigenvalue weighted by Crippen LogP contribution is 2.31. The van der Waals surface area contributed by atoms with Crippen LogP contribution in [0, 0.1) is 0 Å². The Morgan fingerprint density at radius 1 is 1.07 bits per heavy atom. The third-order valence-electron chi connectivity index (χ3n) is 4.45. The van der Waals surface area contributed by atoms with E-state index >= 15 is 0 Å². The summed E-state index contributed by atoms with van der Waals surface area (Å²) in [5.41, 5.74) is 2.46. The van der Waals surface area contributed by atoms with Crippen molar-refractivity contribution in [3.05, 3.63) is 76.9 Å². The Balaban J connectivity index is 1.92. The van der Waals surface area contributed by atoms with Crippen LogP contribution in [-0.4, -0.2) is 25.7 Å². The topological polar surface area (TPSA) is 67.5 Å². The highest BCUT2D eigenvalue weighted by molar-refractivity contribution is 6.30. The first-order valence-electron chi connectivity index (χ1n) is 8.61. The van der Waals surface area contributed by atoms with E-state index in [0.29, 0.717) is 33.2 Å². The molecule has 0 unspecified atom stereocenters. The van der Waals surface area contributed by atoms with Crippen molar-refractivity contribution in [2.75, 3.05) is 0 Å². The molecule has 146 valence electrons. The molecule has 0 aliphatic heterocycles. The molecule has 2 aromatic heterocycles. The molecule has 0 saturated heterocycles. The molecule has 0 bridgehead atoms. The first kappa shape index (κ1) is 19.0. The van der Waals surface area contributed by atoms with Gasteiger partial charge < -0.3 is 5.11 Å². The molecule has 2 heterocycles. The lowest BCUT2D eigenvalue weighted by Crippen LogP contribution is -2.06. The zero-order valence-electron chi connectivity index (χ0n) is 15.1. The molecule has 5 nitrogen and oxygen atoms in total. The SMILES string of the molecule is CC(F)(F)c1ccc(-c2cc(-c3cccc(Cl)c3)n3nc(C(=O)O)cc3n2)cc1. The Morgan fingerprint density at radius 2 is 1.79 bits per heavy atom. The van der Waals surface area contributed by atoms with Crippen LogP contribution in [0.1, 0.15) is 23.0 Å². The number of hydrogen-bond acceptors (Lipinski definition) is 3. The Bertz CT molecular complexity index is 1230. The number of aromatic carboxylic acids is 1. The van der Waals surface area contributed by atoms with Gasteiger partial charge >= 0.3 is 5.97 Å². The van der Waals surface area contributed by atoms with Gasteiger partial charge in [-0.2, -0.15) is 5.10 Å². The van der Waals surface area contributed by atoms with Crippen LogP contribution >= 0.6 is 11.6 Å². The molecule has 29 heavy (non-hydrogen) atoms. The summed E-state index contributed by atoms with van der Waals surface area (Å²) in [5, 5.41) is 13.9. The van der Waals surface area contributed by atoms with Gasteiger partial charge in [-0.05, 0) is 18.2 Å². The monoisotopic (exact) mass is 413 g/mol. The number of rotatable bonds is 4. The number of hydrogen-bond donors (Lipinski definition) is 1. The van der Waals surface area contributed by atoms with E-state index in [1.807, 2.05) is 6.07 Å². The highest BCUT2D eigenvalue weighted by atomic mass is 35.5. The van der Waals surface area contributed by atoms with Gasteiger partial charge in [0.15, 0.2) is 11.3 Å². The molecule has 0 radical (unpaired) electrons. The van der Waals surface area contributed by atoms with E-state index in [1.54, 1.807) is 36.4 Å². The third kappa shape index (κ3) is 3.69. The lowest BCUT2D eigenvalue weighted by Gasteiger charge is -2.12. The fraction of sp³-hybridized carbons (Fsp3) is 0.0952. The Kier molecular flexibility index (Phi) is 4.55. The summed E-state index contributed by atoms with van der Waals surface area (Å²) < 4.78 is 28.4. The zero-order valence-corrected chi connectivity index (χ0v) is 15.9. The maximum absolute atomic E-state index is 13.5. The number of nitrogens with zero attached hydrogens (tertiary/aromatic N) is 3. The van der Waals surface area contributed by atoms with Crippen LogP contribution in [-0.2, 0) is 5.92 Å². The molecule has 1 N–H and O–H groups in total. The quantitative estimate of drug-likeness (QED) is 0.478. The van der Waals surface area contributed by atoms with E-state index in [2.05, 4.69) is 10.1 Å². The minimum absolute atomic E-state index is 0.102. The van der Waals surface area contributed by atoms with Gasteiger partial charge in [0.1, 0.15) is 0 Å². The Labute approximate surface area is 169 Å². The van der Waals surface area contributed by atoms with Crippen molar-refractivity contribution < 1.29 is 18.7 Å². The molecule has 0 amide bonds. The van der Waals surface area contributed by atoms with Crippen molar-refractivity contribution in [1.82, 2.24) is 14.6 Å². The molecular formula is C21H14ClF2N3O2. The van der Waals surface area contributed by atoms with Crippen molar-refractivity contribution >= 4 is 23.2 Å². The number of carboxylic acids is 1. The molecule has 4 aromatic rings. The summed E-state index contributed by atoms with van der Waals surface area (Å²) in [4.78, 5) is 15.8. The van der Waals surface area contributed by atoms with Gasteiger partial charge in [0.05, 0.1) is 11.4 Å². The van der Waals surface area contributed by atoms with Gasteiger partial charge in [0.25, 0.3) is 5.92 Å².